The zero-order valence-electron chi connectivity index (χ0n) is 11.3. The zero-order chi connectivity index (χ0) is 13.8. The maximum atomic E-state index is 13.8. The van der Waals surface area contributed by atoms with Gasteiger partial charge in [0.1, 0.15) is 0 Å². The molecule has 0 amide bonds. The Labute approximate surface area is 119 Å². The van der Waals surface area contributed by atoms with Crippen molar-refractivity contribution in [3.8, 4) is 0 Å². The van der Waals surface area contributed by atoms with E-state index in [2.05, 4.69) is 4.67 Å². The smallest absolute Gasteiger partial charge is 0.207 e. The lowest BCUT2D eigenvalue weighted by atomic mass is 10.4. The molecule has 2 aromatic rings. The first kappa shape index (κ1) is 13.6. The van der Waals surface area contributed by atoms with Gasteiger partial charge in [-0.25, -0.2) is 4.67 Å². The molecular weight excluding hydrogens is 269 g/mol. The Kier molecular flexibility index (Phi) is 4.02. The molecule has 0 atom stereocenters. The largest absolute Gasteiger partial charge is 0.379 e. The van der Waals surface area contributed by atoms with Gasteiger partial charge >= 0.3 is 0 Å². The van der Waals surface area contributed by atoms with Crippen LogP contribution in [0.25, 0.3) is 0 Å². The topological polar surface area (TPSA) is 29.5 Å². The molecule has 1 heterocycles. The highest BCUT2D eigenvalue weighted by Crippen LogP contribution is 2.47. The van der Waals surface area contributed by atoms with E-state index in [1.807, 2.05) is 60.7 Å². The zero-order valence-corrected chi connectivity index (χ0v) is 12.2. The molecule has 1 aliphatic heterocycles. The van der Waals surface area contributed by atoms with Crippen molar-refractivity contribution < 1.29 is 9.30 Å². The van der Waals surface area contributed by atoms with Crippen molar-refractivity contribution in [1.82, 2.24) is 4.67 Å². The molecule has 0 radical (unpaired) electrons. The van der Waals surface area contributed by atoms with Gasteiger partial charge in [-0.3, -0.25) is 4.57 Å². The standard InChI is InChI=1S/C16H18NO2P/c18-20(15-7-3-1-4-8-15,16-9-5-2-6-10-16)17-11-13-19-14-12-17/h1-10H,11-14H2. The van der Waals surface area contributed by atoms with E-state index in [1.165, 1.54) is 0 Å². The summed E-state index contributed by atoms with van der Waals surface area (Å²) in [5.74, 6) is 0. The van der Waals surface area contributed by atoms with Gasteiger partial charge in [-0.1, -0.05) is 36.4 Å². The first-order valence-electron chi connectivity index (χ1n) is 6.86. The average Bonchev–Trinajstić information content (AvgIpc) is 2.56. The highest BCUT2D eigenvalue weighted by atomic mass is 31.2. The summed E-state index contributed by atoms with van der Waals surface area (Å²) < 4.78 is 21.3. The molecule has 1 fully saturated rings. The van der Waals surface area contributed by atoms with Crippen molar-refractivity contribution in [2.24, 2.45) is 0 Å². The lowest BCUT2D eigenvalue weighted by Crippen LogP contribution is -2.40. The number of hydrogen-bond acceptors (Lipinski definition) is 2. The van der Waals surface area contributed by atoms with Gasteiger partial charge in [0.15, 0.2) is 0 Å². The molecule has 3 nitrogen and oxygen atoms in total. The Hall–Kier alpha value is -1.41. The molecule has 1 aliphatic rings. The summed E-state index contributed by atoms with van der Waals surface area (Å²) in [5.41, 5.74) is 0. The second kappa shape index (κ2) is 5.92. The summed E-state index contributed by atoms with van der Waals surface area (Å²) in [7, 11) is -2.75. The summed E-state index contributed by atoms with van der Waals surface area (Å²) in [6, 6.07) is 19.6. The Morgan fingerprint density at radius 3 is 1.70 bits per heavy atom. The van der Waals surface area contributed by atoms with Gasteiger partial charge in [0.05, 0.1) is 13.2 Å². The fraction of sp³-hybridized carbons (Fsp3) is 0.250. The molecule has 0 saturated carbocycles. The highest BCUT2D eigenvalue weighted by molar-refractivity contribution is 7.76. The van der Waals surface area contributed by atoms with Crippen LogP contribution in [0.3, 0.4) is 0 Å². The third kappa shape index (κ3) is 2.45. The summed E-state index contributed by atoms with van der Waals surface area (Å²) in [5, 5.41) is 1.79. The minimum atomic E-state index is -2.75. The molecule has 0 bridgehead atoms. The van der Waals surface area contributed by atoms with E-state index in [1.54, 1.807) is 0 Å². The lowest BCUT2D eigenvalue weighted by Gasteiger charge is -2.34. The van der Waals surface area contributed by atoms with Crippen molar-refractivity contribution in [3.63, 3.8) is 0 Å². The van der Waals surface area contributed by atoms with Crippen LogP contribution in [0, 0.1) is 0 Å². The molecule has 104 valence electrons. The van der Waals surface area contributed by atoms with Gasteiger partial charge in [-0.2, -0.15) is 0 Å². The normalized spacial score (nSPS) is 17.0. The van der Waals surface area contributed by atoms with E-state index < -0.39 is 7.29 Å². The predicted octanol–water partition coefficient (Wildman–Crippen LogP) is 2.25. The number of ether oxygens (including phenoxy) is 1. The van der Waals surface area contributed by atoms with Crippen LogP contribution in [-0.4, -0.2) is 31.0 Å². The maximum Gasteiger partial charge on any atom is 0.207 e. The third-order valence-corrected chi connectivity index (χ3v) is 6.79. The number of benzene rings is 2. The molecule has 1 saturated heterocycles. The lowest BCUT2D eigenvalue weighted by molar-refractivity contribution is 0.0732. The minimum Gasteiger partial charge on any atom is -0.379 e. The van der Waals surface area contributed by atoms with E-state index in [9.17, 15) is 4.57 Å². The van der Waals surface area contributed by atoms with E-state index >= 15 is 0 Å². The first-order chi connectivity index (χ1) is 9.82. The molecule has 4 heteroatoms. The SMILES string of the molecule is O=P(c1ccccc1)(c1ccccc1)N1CCOCC1. The second-order valence-electron chi connectivity index (χ2n) is 4.81. The van der Waals surface area contributed by atoms with E-state index in [0.717, 1.165) is 10.6 Å². The van der Waals surface area contributed by atoms with Crippen LogP contribution >= 0.6 is 7.29 Å². The van der Waals surface area contributed by atoms with Crippen molar-refractivity contribution >= 4 is 17.9 Å². The Balaban J connectivity index is 2.10. The molecule has 0 N–H and O–H groups in total. The molecule has 0 aliphatic carbocycles. The Morgan fingerprint density at radius 1 is 0.800 bits per heavy atom. The van der Waals surface area contributed by atoms with Gasteiger partial charge in [-0.15, -0.1) is 0 Å². The van der Waals surface area contributed by atoms with Crippen LogP contribution in [0.5, 0.6) is 0 Å². The van der Waals surface area contributed by atoms with Gasteiger partial charge in [0, 0.05) is 23.7 Å². The van der Waals surface area contributed by atoms with Crippen molar-refractivity contribution in [1.29, 1.82) is 0 Å². The summed E-state index contributed by atoms with van der Waals surface area (Å²) in [6.45, 7) is 2.70. The van der Waals surface area contributed by atoms with E-state index in [0.29, 0.717) is 26.3 Å². The molecule has 20 heavy (non-hydrogen) atoms. The van der Waals surface area contributed by atoms with Crippen LogP contribution in [-0.2, 0) is 9.30 Å². The van der Waals surface area contributed by atoms with Gasteiger partial charge in [0.2, 0.25) is 7.29 Å². The van der Waals surface area contributed by atoms with Crippen LogP contribution in [0.2, 0.25) is 0 Å². The maximum absolute atomic E-state index is 13.8. The van der Waals surface area contributed by atoms with Crippen molar-refractivity contribution in [3.05, 3.63) is 60.7 Å². The fourth-order valence-corrected chi connectivity index (χ4v) is 5.40. The Morgan fingerprint density at radius 2 is 1.25 bits per heavy atom. The van der Waals surface area contributed by atoms with Crippen molar-refractivity contribution in [2.45, 2.75) is 0 Å². The molecule has 3 rings (SSSR count). The predicted molar refractivity (Wildman–Crippen MR) is 82.2 cm³/mol. The Bertz CT molecular complexity index is 551. The van der Waals surface area contributed by atoms with Gasteiger partial charge < -0.3 is 4.74 Å². The first-order valence-corrected chi connectivity index (χ1v) is 8.52. The summed E-state index contributed by atoms with van der Waals surface area (Å²) in [4.78, 5) is 0. The number of nitrogens with zero attached hydrogens (tertiary/aromatic N) is 1. The van der Waals surface area contributed by atoms with Crippen molar-refractivity contribution in [2.75, 3.05) is 26.3 Å². The monoisotopic (exact) mass is 287 g/mol. The average molecular weight is 287 g/mol. The van der Waals surface area contributed by atoms with E-state index in [-0.39, 0.29) is 0 Å². The molecule has 2 aromatic carbocycles. The third-order valence-electron chi connectivity index (χ3n) is 3.60. The molecular formula is C16H18NO2P. The van der Waals surface area contributed by atoms with Crippen LogP contribution in [0.4, 0.5) is 0 Å². The quantitative estimate of drug-likeness (QED) is 0.811. The fourth-order valence-electron chi connectivity index (χ4n) is 2.57. The number of hydrogen-bond donors (Lipinski definition) is 0. The number of rotatable bonds is 3. The van der Waals surface area contributed by atoms with Crippen LogP contribution in [0.1, 0.15) is 0 Å². The van der Waals surface area contributed by atoms with E-state index in [4.69, 9.17) is 4.74 Å². The van der Waals surface area contributed by atoms with Crippen LogP contribution < -0.4 is 10.6 Å². The number of morpholine rings is 1. The van der Waals surface area contributed by atoms with Gasteiger partial charge in [0.25, 0.3) is 0 Å². The van der Waals surface area contributed by atoms with Gasteiger partial charge in [-0.05, 0) is 24.3 Å². The minimum absolute atomic E-state index is 0.643. The summed E-state index contributed by atoms with van der Waals surface area (Å²) in [6.07, 6.45) is 0. The second-order valence-corrected chi connectivity index (χ2v) is 7.56. The van der Waals surface area contributed by atoms with Crippen LogP contribution in [0.15, 0.2) is 60.7 Å². The highest BCUT2D eigenvalue weighted by Gasteiger charge is 2.35. The molecule has 0 spiro atoms. The summed E-state index contributed by atoms with van der Waals surface area (Å²) >= 11 is 0. The molecule has 0 unspecified atom stereocenters. The molecule has 0 aromatic heterocycles.